The summed E-state index contributed by atoms with van der Waals surface area (Å²) in [4.78, 5) is 11.0. The lowest BCUT2D eigenvalue weighted by Gasteiger charge is -2.09. The molecule has 0 spiro atoms. The zero-order valence-electron chi connectivity index (χ0n) is 11.9. The van der Waals surface area contributed by atoms with E-state index < -0.39 is 0 Å². The molecule has 0 aliphatic rings. The molecule has 112 valence electrons. The number of nitrogens with one attached hydrogen (secondary N) is 2. The van der Waals surface area contributed by atoms with E-state index >= 15 is 0 Å². The second-order valence-electron chi connectivity index (χ2n) is 4.53. The maximum Gasteiger partial charge on any atom is 0.221 e. The summed E-state index contributed by atoms with van der Waals surface area (Å²) < 4.78 is 19.3. The van der Waals surface area contributed by atoms with E-state index in [1.807, 2.05) is 18.4 Å². The summed E-state index contributed by atoms with van der Waals surface area (Å²) in [6.45, 7) is 1.79. The van der Waals surface area contributed by atoms with Crippen LogP contribution in [0, 0.1) is 5.82 Å². The van der Waals surface area contributed by atoms with Gasteiger partial charge in [-0.2, -0.15) is 11.8 Å². The molecule has 6 heteroatoms. The van der Waals surface area contributed by atoms with Gasteiger partial charge in [0.25, 0.3) is 0 Å². The molecule has 1 aromatic carbocycles. The Hall–Kier alpha value is -1.95. The van der Waals surface area contributed by atoms with Gasteiger partial charge < -0.3 is 15.1 Å². The molecule has 0 fully saturated rings. The Labute approximate surface area is 127 Å². The molecule has 2 aromatic rings. The molecule has 1 heterocycles. The van der Waals surface area contributed by atoms with Gasteiger partial charge in [-0.15, -0.1) is 0 Å². The number of furan rings is 1. The van der Waals surface area contributed by atoms with Crippen LogP contribution < -0.4 is 10.6 Å². The van der Waals surface area contributed by atoms with Crippen molar-refractivity contribution >= 4 is 29.0 Å². The van der Waals surface area contributed by atoms with Gasteiger partial charge in [-0.1, -0.05) is 0 Å². The van der Waals surface area contributed by atoms with Crippen LogP contribution in [-0.2, 0) is 17.1 Å². The van der Waals surface area contributed by atoms with Gasteiger partial charge in [0.15, 0.2) is 0 Å². The highest BCUT2D eigenvalue weighted by atomic mass is 32.2. The number of benzene rings is 1. The second kappa shape index (κ2) is 7.17. The highest BCUT2D eigenvalue weighted by molar-refractivity contribution is 7.97. The lowest BCUT2D eigenvalue weighted by atomic mass is 10.2. The van der Waals surface area contributed by atoms with Crippen molar-refractivity contribution in [2.24, 2.45) is 0 Å². The largest absolute Gasteiger partial charge is 0.463 e. The van der Waals surface area contributed by atoms with Crippen LogP contribution in [0.4, 0.5) is 15.8 Å². The molecule has 0 saturated heterocycles. The monoisotopic (exact) mass is 308 g/mol. The summed E-state index contributed by atoms with van der Waals surface area (Å²) in [6, 6.07) is 8.18. The summed E-state index contributed by atoms with van der Waals surface area (Å²) in [6.07, 6.45) is 2.00. The van der Waals surface area contributed by atoms with Gasteiger partial charge >= 0.3 is 0 Å². The molecule has 0 radical (unpaired) electrons. The Morgan fingerprint density at radius 3 is 2.76 bits per heavy atom. The van der Waals surface area contributed by atoms with Crippen LogP contribution in [0.15, 0.2) is 34.7 Å². The first-order chi connectivity index (χ1) is 10.1. The van der Waals surface area contributed by atoms with Crippen molar-refractivity contribution in [2.75, 3.05) is 16.9 Å². The number of carbonyl (C=O) groups is 1. The van der Waals surface area contributed by atoms with Crippen molar-refractivity contribution in [1.29, 1.82) is 0 Å². The van der Waals surface area contributed by atoms with Crippen molar-refractivity contribution in [1.82, 2.24) is 0 Å². The fourth-order valence-electron chi connectivity index (χ4n) is 1.86. The van der Waals surface area contributed by atoms with Crippen LogP contribution in [0.5, 0.6) is 0 Å². The van der Waals surface area contributed by atoms with Crippen LogP contribution >= 0.6 is 11.8 Å². The quantitative estimate of drug-likeness (QED) is 0.851. The molecular formula is C15H17FN2O2S. The molecule has 0 atom stereocenters. The molecule has 1 amide bonds. The first kappa shape index (κ1) is 15.4. The standard InChI is InChI=1S/C15H17FN2O2S/c1-10(19)18-11-3-6-14(16)15(7-11)17-8-12-4-5-13(20-12)9-21-2/h3-7,17H,8-9H2,1-2H3,(H,18,19). The van der Waals surface area contributed by atoms with Crippen molar-refractivity contribution in [3.63, 3.8) is 0 Å². The minimum Gasteiger partial charge on any atom is -0.463 e. The normalized spacial score (nSPS) is 10.4. The highest BCUT2D eigenvalue weighted by Crippen LogP contribution is 2.21. The first-order valence-electron chi connectivity index (χ1n) is 6.46. The van der Waals surface area contributed by atoms with E-state index in [-0.39, 0.29) is 11.7 Å². The third kappa shape index (κ3) is 4.53. The molecule has 0 bridgehead atoms. The maximum atomic E-state index is 13.7. The third-order valence-corrected chi connectivity index (χ3v) is 3.32. The Morgan fingerprint density at radius 2 is 2.05 bits per heavy atom. The fraction of sp³-hybridized carbons (Fsp3) is 0.267. The summed E-state index contributed by atoms with van der Waals surface area (Å²) in [5.41, 5.74) is 0.873. The number of anilines is 2. The lowest BCUT2D eigenvalue weighted by molar-refractivity contribution is -0.114. The van der Waals surface area contributed by atoms with Gasteiger partial charge in [0, 0.05) is 12.6 Å². The van der Waals surface area contributed by atoms with Crippen LogP contribution in [0.3, 0.4) is 0 Å². The van der Waals surface area contributed by atoms with E-state index in [9.17, 15) is 9.18 Å². The molecule has 1 aromatic heterocycles. The number of rotatable bonds is 6. The Bertz CT molecular complexity index is 628. The van der Waals surface area contributed by atoms with Crippen LogP contribution in [-0.4, -0.2) is 12.2 Å². The number of hydrogen-bond acceptors (Lipinski definition) is 4. The molecular weight excluding hydrogens is 291 g/mol. The van der Waals surface area contributed by atoms with Gasteiger partial charge in [-0.3, -0.25) is 4.79 Å². The first-order valence-corrected chi connectivity index (χ1v) is 7.85. The Balaban J connectivity index is 2.02. The number of thioether (sulfide) groups is 1. The number of carbonyl (C=O) groups excluding carboxylic acids is 1. The van der Waals surface area contributed by atoms with E-state index in [0.29, 0.717) is 17.9 Å². The van der Waals surface area contributed by atoms with Crippen molar-refractivity contribution in [3.05, 3.63) is 47.7 Å². The van der Waals surface area contributed by atoms with Gasteiger partial charge in [-0.05, 0) is 36.6 Å². The van der Waals surface area contributed by atoms with E-state index in [4.69, 9.17) is 4.42 Å². The van der Waals surface area contributed by atoms with Crippen LogP contribution in [0.1, 0.15) is 18.4 Å². The average Bonchev–Trinajstić information content (AvgIpc) is 2.87. The van der Waals surface area contributed by atoms with Gasteiger partial charge in [0.05, 0.1) is 18.0 Å². The molecule has 21 heavy (non-hydrogen) atoms. The molecule has 2 rings (SSSR count). The zero-order valence-corrected chi connectivity index (χ0v) is 12.7. The average molecular weight is 308 g/mol. The molecule has 0 unspecified atom stereocenters. The smallest absolute Gasteiger partial charge is 0.221 e. The van der Waals surface area contributed by atoms with Gasteiger partial charge in [-0.25, -0.2) is 4.39 Å². The molecule has 0 saturated carbocycles. The number of hydrogen-bond donors (Lipinski definition) is 2. The third-order valence-electron chi connectivity index (χ3n) is 2.74. The van der Waals surface area contributed by atoms with E-state index in [0.717, 1.165) is 17.3 Å². The zero-order chi connectivity index (χ0) is 15.2. The fourth-order valence-corrected chi connectivity index (χ4v) is 2.30. The predicted octanol–water partition coefficient (Wildman–Crippen LogP) is 3.85. The van der Waals surface area contributed by atoms with Crippen molar-refractivity contribution in [2.45, 2.75) is 19.2 Å². The van der Waals surface area contributed by atoms with E-state index in [2.05, 4.69) is 10.6 Å². The number of halogens is 1. The van der Waals surface area contributed by atoms with Crippen LogP contribution in [0.2, 0.25) is 0 Å². The van der Waals surface area contributed by atoms with E-state index in [1.54, 1.807) is 17.8 Å². The lowest BCUT2D eigenvalue weighted by Crippen LogP contribution is -2.07. The number of amides is 1. The minimum absolute atomic E-state index is 0.194. The SMILES string of the molecule is CSCc1ccc(CNc2cc(NC(C)=O)ccc2F)o1. The highest BCUT2D eigenvalue weighted by Gasteiger charge is 2.06. The Morgan fingerprint density at radius 1 is 1.29 bits per heavy atom. The molecule has 0 aliphatic heterocycles. The molecule has 2 N–H and O–H groups in total. The molecule has 4 nitrogen and oxygen atoms in total. The van der Waals surface area contributed by atoms with E-state index in [1.165, 1.54) is 19.1 Å². The van der Waals surface area contributed by atoms with Gasteiger partial charge in [0.2, 0.25) is 5.91 Å². The second-order valence-corrected chi connectivity index (χ2v) is 5.40. The Kier molecular flexibility index (Phi) is 5.27. The predicted molar refractivity (Wildman–Crippen MR) is 84.0 cm³/mol. The van der Waals surface area contributed by atoms with Crippen LogP contribution in [0.25, 0.3) is 0 Å². The van der Waals surface area contributed by atoms with Crippen molar-refractivity contribution < 1.29 is 13.6 Å². The topological polar surface area (TPSA) is 54.3 Å². The summed E-state index contributed by atoms with van der Waals surface area (Å²) in [5.74, 6) is 1.88. The molecule has 0 aliphatic carbocycles. The van der Waals surface area contributed by atoms with Crippen molar-refractivity contribution in [3.8, 4) is 0 Å². The summed E-state index contributed by atoms with van der Waals surface area (Å²) in [5, 5.41) is 5.59. The summed E-state index contributed by atoms with van der Waals surface area (Å²) in [7, 11) is 0. The summed E-state index contributed by atoms with van der Waals surface area (Å²) >= 11 is 1.68. The maximum absolute atomic E-state index is 13.7. The van der Waals surface area contributed by atoms with Gasteiger partial charge in [0.1, 0.15) is 17.3 Å². The minimum atomic E-state index is -0.375.